The van der Waals surface area contributed by atoms with Gasteiger partial charge in [0.1, 0.15) is 0 Å². The second kappa shape index (κ2) is 9.99. The molecule has 0 bridgehead atoms. The lowest BCUT2D eigenvalue weighted by Crippen LogP contribution is -2.31. The fourth-order valence-corrected chi connectivity index (χ4v) is 5.38. The number of aromatic nitrogens is 3. The van der Waals surface area contributed by atoms with Crippen molar-refractivity contribution in [1.82, 2.24) is 24.2 Å². The van der Waals surface area contributed by atoms with E-state index in [4.69, 9.17) is 11.6 Å². The van der Waals surface area contributed by atoms with Crippen LogP contribution in [0.2, 0.25) is 5.02 Å². The fraction of sp³-hybridized carbons (Fsp3) is 0.350. The number of halogens is 1. The third-order valence-corrected chi connectivity index (χ3v) is 8.06. The first-order valence-corrected chi connectivity index (χ1v) is 12.5. The maximum Gasteiger partial charge on any atom is 0.244 e. The van der Waals surface area contributed by atoms with Crippen molar-refractivity contribution in [2.24, 2.45) is 0 Å². The number of thioether (sulfide) groups is 1. The SMILES string of the molecule is CCN(CC)S(=O)(=O)c1ccc2nnc(SC(C)C(=O)NCc3ccc(Cl)cc3)n2c1. The Balaban J connectivity index is 1.75. The van der Waals surface area contributed by atoms with E-state index < -0.39 is 15.3 Å². The summed E-state index contributed by atoms with van der Waals surface area (Å²) in [6, 6.07) is 10.4. The Hall–Kier alpha value is -2.14. The van der Waals surface area contributed by atoms with Crippen LogP contribution in [0.3, 0.4) is 0 Å². The van der Waals surface area contributed by atoms with Gasteiger partial charge in [0.05, 0.1) is 10.1 Å². The Morgan fingerprint density at radius 3 is 2.48 bits per heavy atom. The summed E-state index contributed by atoms with van der Waals surface area (Å²) in [4.78, 5) is 12.7. The lowest BCUT2D eigenvalue weighted by molar-refractivity contribution is -0.120. The lowest BCUT2D eigenvalue weighted by Gasteiger charge is -2.18. The number of benzene rings is 1. The summed E-state index contributed by atoms with van der Waals surface area (Å²) in [5.41, 5.74) is 1.45. The van der Waals surface area contributed by atoms with Gasteiger partial charge in [-0.05, 0) is 36.8 Å². The first-order valence-electron chi connectivity index (χ1n) is 9.80. The number of pyridine rings is 1. The number of nitrogens with one attached hydrogen (secondary N) is 1. The molecule has 31 heavy (non-hydrogen) atoms. The van der Waals surface area contributed by atoms with E-state index in [-0.39, 0.29) is 10.8 Å². The second-order valence-corrected chi connectivity index (χ2v) is 10.5. The number of rotatable bonds is 9. The molecule has 2 heterocycles. The van der Waals surface area contributed by atoms with Gasteiger partial charge in [0.15, 0.2) is 10.8 Å². The van der Waals surface area contributed by atoms with Gasteiger partial charge >= 0.3 is 0 Å². The normalized spacial score (nSPS) is 12.9. The monoisotopic (exact) mass is 481 g/mol. The number of carbonyl (C=O) groups is 1. The Bertz CT molecular complexity index is 1160. The molecule has 3 rings (SSSR count). The van der Waals surface area contributed by atoms with Crippen molar-refractivity contribution < 1.29 is 13.2 Å². The van der Waals surface area contributed by atoms with Crippen molar-refractivity contribution >= 4 is 44.9 Å². The summed E-state index contributed by atoms with van der Waals surface area (Å²) in [5.74, 6) is -0.163. The summed E-state index contributed by atoms with van der Waals surface area (Å²) in [6.07, 6.45) is 1.50. The zero-order valence-electron chi connectivity index (χ0n) is 17.4. The zero-order chi connectivity index (χ0) is 22.6. The first-order chi connectivity index (χ1) is 14.8. The van der Waals surface area contributed by atoms with Crippen LogP contribution in [0.5, 0.6) is 0 Å². The number of fused-ring (bicyclic) bond motifs is 1. The maximum atomic E-state index is 12.8. The molecule has 0 radical (unpaired) electrons. The number of hydrogen-bond donors (Lipinski definition) is 1. The molecule has 0 aliphatic carbocycles. The van der Waals surface area contributed by atoms with Crippen LogP contribution >= 0.6 is 23.4 Å². The first kappa shape index (κ1) is 23.5. The van der Waals surface area contributed by atoms with Gasteiger partial charge in [-0.1, -0.05) is 49.3 Å². The molecule has 0 aliphatic rings. The van der Waals surface area contributed by atoms with Gasteiger partial charge in [-0.15, -0.1) is 10.2 Å². The van der Waals surface area contributed by atoms with Crippen LogP contribution in [0.15, 0.2) is 52.6 Å². The molecule has 0 saturated heterocycles. The van der Waals surface area contributed by atoms with Crippen LogP contribution in [-0.2, 0) is 21.4 Å². The Labute approximate surface area is 191 Å². The quantitative estimate of drug-likeness (QED) is 0.471. The molecule has 3 aromatic rings. The van der Waals surface area contributed by atoms with E-state index in [1.165, 1.54) is 28.3 Å². The summed E-state index contributed by atoms with van der Waals surface area (Å²) < 4.78 is 28.7. The van der Waals surface area contributed by atoms with E-state index >= 15 is 0 Å². The van der Waals surface area contributed by atoms with Gasteiger partial charge in [-0.25, -0.2) is 8.42 Å². The van der Waals surface area contributed by atoms with Gasteiger partial charge < -0.3 is 5.32 Å². The lowest BCUT2D eigenvalue weighted by atomic mass is 10.2. The third kappa shape index (κ3) is 5.38. The molecule has 11 heteroatoms. The van der Waals surface area contributed by atoms with Crippen molar-refractivity contribution in [3.8, 4) is 0 Å². The average Bonchev–Trinajstić information content (AvgIpc) is 3.15. The largest absolute Gasteiger partial charge is 0.351 e. The molecule has 1 amide bonds. The van der Waals surface area contributed by atoms with Crippen molar-refractivity contribution in [3.05, 3.63) is 53.2 Å². The molecule has 1 aromatic carbocycles. The molecule has 1 N–H and O–H groups in total. The zero-order valence-corrected chi connectivity index (χ0v) is 19.8. The minimum Gasteiger partial charge on any atom is -0.351 e. The van der Waals surface area contributed by atoms with Crippen LogP contribution in [0.1, 0.15) is 26.3 Å². The molecular weight excluding hydrogens is 458 g/mol. The second-order valence-electron chi connectivity index (χ2n) is 6.77. The Morgan fingerprint density at radius 2 is 1.84 bits per heavy atom. The van der Waals surface area contributed by atoms with Crippen LogP contribution in [0.25, 0.3) is 5.65 Å². The van der Waals surface area contributed by atoms with E-state index in [9.17, 15) is 13.2 Å². The predicted octanol–water partition coefficient (Wildman–Crippen LogP) is 3.21. The summed E-state index contributed by atoms with van der Waals surface area (Å²) >= 11 is 7.09. The van der Waals surface area contributed by atoms with Crippen molar-refractivity contribution in [1.29, 1.82) is 0 Å². The molecule has 0 aliphatic heterocycles. The third-order valence-electron chi connectivity index (χ3n) is 4.72. The van der Waals surface area contributed by atoms with Crippen LogP contribution in [0, 0.1) is 0 Å². The van der Waals surface area contributed by atoms with Gasteiger partial charge in [0.2, 0.25) is 15.9 Å². The average molecular weight is 482 g/mol. The predicted molar refractivity (Wildman–Crippen MR) is 122 cm³/mol. The smallest absolute Gasteiger partial charge is 0.244 e. The molecule has 2 aromatic heterocycles. The molecular formula is C20H24ClN5O3S2. The highest BCUT2D eigenvalue weighted by Gasteiger charge is 2.24. The maximum absolute atomic E-state index is 12.8. The highest BCUT2D eigenvalue weighted by atomic mass is 35.5. The number of nitrogens with zero attached hydrogens (tertiary/aromatic N) is 4. The molecule has 0 saturated carbocycles. The molecule has 8 nitrogen and oxygen atoms in total. The van der Waals surface area contributed by atoms with E-state index in [1.807, 2.05) is 12.1 Å². The van der Waals surface area contributed by atoms with Gasteiger partial charge in [0.25, 0.3) is 0 Å². The molecule has 1 atom stereocenters. The van der Waals surface area contributed by atoms with Gasteiger partial charge in [0, 0.05) is 30.9 Å². The Kier molecular flexibility index (Phi) is 7.58. The van der Waals surface area contributed by atoms with Crippen molar-refractivity contribution in [2.45, 2.75) is 42.6 Å². The van der Waals surface area contributed by atoms with Crippen LogP contribution in [-0.4, -0.2) is 51.6 Å². The van der Waals surface area contributed by atoms with Gasteiger partial charge in [-0.2, -0.15) is 4.31 Å². The summed E-state index contributed by atoms with van der Waals surface area (Å²) in [5, 5.41) is 11.7. The number of hydrogen-bond acceptors (Lipinski definition) is 6. The summed E-state index contributed by atoms with van der Waals surface area (Å²) in [7, 11) is -3.62. The molecule has 166 valence electrons. The molecule has 1 unspecified atom stereocenters. The number of amides is 1. The molecule has 0 spiro atoms. The summed E-state index contributed by atoms with van der Waals surface area (Å²) in [6.45, 7) is 6.50. The van der Waals surface area contributed by atoms with E-state index in [0.29, 0.717) is 35.5 Å². The van der Waals surface area contributed by atoms with Gasteiger partial charge in [-0.3, -0.25) is 9.20 Å². The minimum atomic E-state index is -3.62. The topological polar surface area (TPSA) is 96.7 Å². The van der Waals surface area contributed by atoms with Crippen molar-refractivity contribution in [3.63, 3.8) is 0 Å². The molecule has 0 fully saturated rings. The highest BCUT2D eigenvalue weighted by molar-refractivity contribution is 8.00. The highest BCUT2D eigenvalue weighted by Crippen LogP contribution is 2.24. The number of carbonyl (C=O) groups excluding carboxylic acids is 1. The van der Waals surface area contributed by atoms with Crippen LogP contribution < -0.4 is 5.32 Å². The Morgan fingerprint density at radius 1 is 1.16 bits per heavy atom. The standard InChI is InChI=1S/C20H24ClN5O3S2/c1-4-25(5-2)31(28,29)17-10-11-18-23-24-20(26(18)13-17)30-14(3)19(27)22-12-15-6-8-16(21)9-7-15/h6-11,13-14H,4-5,12H2,1-3H3,(H,22,27). The number of sulfonamides is 1. The van der Waals surface area contributed by atoms with E-state index in [0.717, 1.165) is 5.56 Å². The van der Waals surface area contributed by atoms with Crippen molar-refractivity contribution in [2.75, 3.05) is 13.1 Å². The van der Waals surface area contributed by atoms with Crippen LogP contribution in [0.4, 0.5) is 0 Å². The van der Waals surface area contributed by atoms with E-state index in [1.54, 1.807) is 43.4 Å². The fourth-order valence-electron chi connectivity index (χ4n) is 2.94. The van der Waals surface area contributed by atoms with E-state index in [2.05, 4.69) is 15.5 Å². The minimum absolute atomic E-state index is 0.158.